The standard InChI is InChI=1S/C20H24N2O3S/c1-4-18(20(23)21-14-13-16-7-5-6-8-19(16)21)22(26(3,24)25)17-11-9-15(2)10-12-17/h5-12,18H,4,13-14H2,1-3H3/t18-/m0/s1. The number of hydrogen-bond donors (Lipinski definition) is 0. The van der Waals surface area contributed by atoms with E-state index in [4.69, 9.17) is 0 Å². The Bertz CT molecular complexity index is 907. The molecule has 1 atom stereocenters. The number of carbonyl (C=O) groups is 1. The molecule has 2 aromatic rings. The first kappa shape index (κ1) is 18.5. The number of sulfonamides is 1. The van der Waals surface area contributed by atoms with Crippen molar-refractivity contribution in [2.75, 3.05) is 22.0 Å². The highest BCUT2D eigenvalue weighted by molar-refractivity contribution is 7.92. The van der Waals surface area contributed by atoms with Crippen LogP contribution in [0.15, 0.2) is 48.5 Å². The van der Waals surface area contributed by atoms with Gasteiger partial charge in [0.05, 0.1) is 11.9 Å². The van der Waals surface area contributed by atoms with E-state index in [-0.39, 0.29) is 5.91 Å². The minimum Gasteiger partial charge on any atom is -0.310 e. The largest absolute Gasteiger partial charge is 0.310 e. The Morgan fingerprint density at radius 1 is 1.15 bits per heavy atom. The second-order valence-corrected chi connectivity index (χ2v) is 8.55. The average Bonchev–Trinajstić information content (AvgIpc) is 3.03. The maximum absolute atomic E-state index is 13.3. The third-order valence-electron chi connectivity index (χ3n) is 4.75. The molecule has 3 rings (SSSR count). The molecule has 0 bridgehead atoms. The number of nitrogens with zero attached hydrogens (tertiary/aromatic N) is 2. The summed E-state index contributed by atoms with van der Waals surface area (Å²) in [6, 6.07) is 14.2. The van der Waals surface area contributed by atoms with Crippen LogP contribution in [0.4, 0.5) is 11.4 Å². The summed E-state index contributed by atoms with van der Waals surface area (Å²) in [7, 11) is -3.61. The molecule has 0 aromatic heterocycles. The van der Waals surface area contributed by atoms with Crippen molar-refractivity contribution in [1.82, 2.24) is 0 Å². The van der Waals surface area contributed by atoms with Crippen LogP contribution in [-0.2, 0) is 21.2 Å². The Morgan fingerprint density at radius 2 is 1.81 bits per heavy atom. The maximum atomic E-state index is 13.3. The molecule has 2 aromatic carbocycles. The minimum atomic E-state index is -3.61. The van der Waals surface area contributed by atoms with Crippen LogP contribution in [0, 0.1) is 6.92 Å². The molecule has 1 aliphatic rings. The van der Waals surface area contributed by atoms with Crippen molar-refractivity contribution in [3.05, 3.63) is 59.7 Å². The predicted molar refractivity (Wildman–Crippen MR) is 105 cm³/mol. The van der Waals surface area contributed by atoms with E-state index < -0.39 is 16.1 Å². The summed E-state index contributed by atoms with van der Waals surface area (Å²) in [5.41, 5.74) is 3.56. The molecule has 5 nitrogen and oxygen atoms in total. The van der Waals surface area contributed by atoms with E-state index in [0.29, 0.717) is 18.7 Å². The van der Waals surface area contributed by atoms with Crippen LogP contribution in [0.1, 0.15) is 24.5 Å². The number of fused-ring (bicyclic) bond motifs is 1. The zero-order valence-electron chi connectivity index (χ0n) is 15.3. The van der Waals surface area contributed by atoms with E-state index in [1.807, 2.05) is 50.2 Å². The summed E-state index contributed by atoms with van der Waals surface area (Å²) >= 11 is 0. The number of carbonyl (C=O) groups excluding carboxylic acids is 1. The number of anilines is 2. The summed E-state index contributed by atoms with van der Waals surface area (Å²) in [5.74, 6) is -0.177. The molecular formula is C20H24N2O3S. The molecule has 0 fully saturated rings. The van der Waals surface area contributed by atoms with Crippen LogP contribution in [0.5, 0.6) is 0 Å². The Labute approximate surface area is 155 Å². The zero-order valence-corrected chi connectivity index (χ0v) is 16.2. The number of aryl methyl sites for hydroxylation is 1. The van der Waals surface area contributed by atoms with Crippen LogP contribution in [-0.4, -0.2) is 33.2 Å². The van der Waals surface area contributed by atoms with Crippen molar-refractivity contribution >= 4 is 27.3 Å². The molecule has 0 radical (unpaired) electrons. The molecule has 0 spiro atoms. The predicted octanol–water partition coefficient (Wildman–Crippen LogP) is 3.13. The first-order valence-electron chi connectivity index (χ1n) is 8.78. The van der Waals surface area contributed by atoms with Gasteiger partial charge in [-0.25, -0.2) is 8.42 Å². The van der Waals surface area contributed by atoms with E-state index >= 15 is 0 Å². The van der Waals surface area contributed by atoms with Crippen molar-refractivity contribution in [3.63, 3.8) is 0 Å². The molecule has 1 amide bonds. The average molecular weight is 372 g/mol. The van der Waals surface area contributed by atoms with Gasteiger partial charge in [-0.1, -0.05) is 42.8 Å². The Kier molecular flexibility index (Phi) is 5.05. The molecule has 0 saturated heterocycles. The molecule has 1 heterocycles. The molecule has 1 aliphatic heterocycles. The summed E-state index contributed by atoms with van der Waals surface area (Å²) in [6.07, 6.45) is 2.35. The van der Waals surface area contributed by atoms with Crippen molar-refractivity contribution in [2.45, 2.75) is 32.7 Å². The smallest absolute Gasteiger partial charge is 0.250 e. The van der Waals surface area contributed by atoms with E-state index in [0.717, 1.165) is 29.5 Å². The van der Waals surface area contributed by atoms with E-state index in [9.17, 15) is 13.2 Å². The van der Waals surface area contributed by atoms with E-state index in [1.54, 1.807) is 17.0 Å². The molecule has 26 heavy (non-hydrogen) atoms. The van der Waals surface area contributed by atoms with Gasteiger partial charge in [-0.3, -0.25) is 9.10 Å². The van der Waals surface area contributed by atoms with Crippen LogP contribution in [0.2, 0.25) is 0 Å². The van der Waals surface area contributed by atoms with Crippen molar-refractivity contribution < 1.29 is 13.2 Å². The highest BCUT2D eigenvalue weighted by Crippen LogP contribution is 2.31. The maximum Gasteiger partial charge on any atom is 0.250 e. The lowest BCUT2D eigenvalue weighted by atomic mass is 10.1. The molecule has 6 heteroatoms. The van der Waals surface area contributed by atoms with Crippen molar-refractivity contribution in [3.8, 4) is 0 Å². The third-order valence-corrected chi connectivity index (χ3v) is 5.93. The monoisotopic (exact) mass is 372 g/mol. The second-order valence-electron chi connectivity index (χ2n) is 6.69. The molecular weight excluding hydrogens is 348 g/mol. The lowest BCUT2D eigenvalue weighted by molar-refractivity contribution is -0.119. The quantitative estimate of drug-likeness (QED) is 0.810. The second kappa shape index (κ2) is 7.11. The summed E-state index contributed by atoms with van der Waals surface area (Å²) in [5, 5.41) is 0. The number of rotatable bonds is 5. The fourth-order valence-electron chi connectivity index (χ4n) is 3.48. The topological polar surface area (TPSA) is 57.7 Å². The highest BCUT2D eigenvalue weighted by atomic mass is 32.2. The Balaban J connectivity index is 1.99. The highest BCUT2D eigenvalue weighted by Gasteiger charge is 2.36. The number of benzene rings is 2. The number of para-hydroxylation sites is 1. The van der Waals surface area contributed by atoms with Gasteiger partial charge in [0.1, 0.15) is 6.04 Å². The van der Waals surface area contributed by atoms with E-state index in [1.165, 1.54) is 4.31 Å². The minimum absolute atomic E-state index is 0.177. The molecule has 138 valence electrons. The lowest BCUT2D eigenvalue weighted by Gasteiger charge is -2.33. The number of amides is 1. The zero-order chi connectivity index (χ0) is 18.9. The number of hydrogen-bond acceptors (Lipinski definition) is 3. The molecule has 0 aliphatic carbocycles. The van der Waals surface area contributed by atoms with Gasteiger partial charge in [-0.2, -0.15) is 0 Å². The van der Waals surface area contributed by atoms with Gasteiger partial charge >= 0.3 is 0 Å². The van der Waals surface area contributed by atoms with Gasteiger partial charge in [0.2, 0.25) is 10.0 Å². The van der Waals surface area contributed by atoms with Gasteiger partial charge in [0.25, 0.3) is 5.91 Å². The fraction of sp³-hybridized carbons (Fsp3) is 0.350. The van der Waals surface area contributed by atoms with Crippen LogP contribution < -0.4 is 9.21 Å². The van der Waals surface area contributed by atoms with Gasteiger partial charge in [-0.05, 0) is 43.5 Å². The fourth-order valence-corrected chi connectivity index (χ4v) is 4.69. The van der Waals surface area contributed by atoms with Crippen molar-refractivity contribution in [2.24, 2.45) is 0 Å². The Hall–Kier alpha value is -2.34. The van der Waals surface area contributed by atoms with Crippen LogP contribution >= 0.6 is 0 Å². The summed E-state index contributed by atoms with van der Waals surface area (Å²) in [4.78, 5) is 15.0. The third kappa shape index (κ3) is 3.46. The first-order valence-corrected chi connectivity index (χ1v) is 10.6. The van der Waals surface area contributed by atoms with E-state index in [2.05, 4.69) is 0 Å². The summed E-state index contributed by atoms with van der Waals surface area (Å²) in [6.45, 7) is 4.37. The lowest BCUT2D eigenvalue weighted by Crippen LogP contribution is -2.50. The Morgan fingerprint density at radius 3 is 2.42 bits per heavy atom. The van der Waals surface area contributed by atoms with Gasteiger partial charge in [0, 0.05) is 12.2 Å². The van der Waals surface area contributed by atoms with Gasteiger partial charge in [-0.15, -0.1) is 0 Å². The summed E-state index contributed by atoms with van der Waals surface area (Å²) < 4.78 is 26.3. The molecule has 0 unspecified atom stereocenters. The van der Waals surface area contributed by atoms with Crippen LogP contribution in [0.25, 0.3) is 0 Å². The normalized spacial score (nSPS) is 14.8. The molecule has 0 N–H and O–H groups in total. The van der Waals surface area contributed by atoms with Gasteiger partial charge in [0.15, 0.2) is 0 Å². The van der Waals surface area contributed by atoms with Crippen LogP contribution in [0.3, 0.4) is 0 Å². The first-order chi connectivity index (χ1) is 12.3. The van der Waals surface area contributed by atoms with Gasteiger partial charge < -0.3 is 4.90 Å². The van der Waals surface area contributed by atoms with Crippen molar-refractivity contribution in [1.29, 1.82) is 0 Å². The molecule has 0 saturated carbocycles. The SMILES string of the molecule is CC[C@@H](C(=O)N1CCc2ccccc21)N(c1ccc(C)cc1)S(C)(=O)=O.